The lowest BCUT2D eigenvalue weighted by Crippen LogP contribution is -1.97. The average molecular weight is 262 g/mol. The van der Waals surface area contributed by atoms with Crippen LogP contribution in [0.15, 0.2) is 22.6 Å². The first kappa shape index (κ1) is 12.0. The molecule has 1 aliphatic heterocycles. The molecule has 1 fully saturated rings. The van der Waals surface area contributed by atoms with Gasteiger partial charge >= 0.3 is 5.97 Å². The third-order valence-electron chi connectivity index (χ3n) is 3.36. The second-order valence-electron chi connectivity index (χ2n) is 4.51. The van der Waals surface area contributed by atoms with Gasteiger partial charge in [0.2, 0.25) is 0 Å². The van der Waals surface area contributed by atoms with Gasteiger partial charge < -0.3 is 19.0 Å². The molecule has 2 heterocycles. The molecule has 0 spiro atoms. The number of ether oxygens (including phenoxy) is 2. The quantitative estimate of drug-likeness (QED) is 0.920. The van der Waals surface area contributed by atoms with Gasteiger partial charge in [0.15, 0.2) is 11.3 Å². The summed E-state index contributed by atoms with van der Waals surface area (Å²) in [4.78, 5) is 11.2. The van der Waals surface area contributed by atoms with E-state index in [1.54, 1.807) is 12.1 Å². The van der Waals surface area contributed by atoms with E-state index in [0.29, 0.717) is 29.1 Å². The lowest BCUT2D eigenvalue weighted by atomic mass is 10.1. The molecule has 1 saturated heterocycles. The number of furan rings is 1. The highest BCUT2D eigenvalue weighted by Crippen LogP contribution is 2.37. The Bertz CT molecular complexity index is 622. The summed E-state index contributed by atoms with van der Waals surface area (Å²) in [6, 6.07) is 4.88. The largest absolute Gasteiger partial charge is 0.493 e. The van der Waals surface area contributed by atoms with Crippen LogP contribution in [0.25, 0.3) is 11.0 Å². The summed E-state index contributed by atoms with van der Waals surface area (Å²) in [5, 5.41) is 9.76. The van der Waals surface area contributed by atoms with Crippen molar-refractivity contribution in [2.24, 2.45) is 0 Å². The van der Waals surface area contributed by atoms with Gasteiger partial charge in [-0.2, -0.15) is 0 Å². The number of fused-ring (bicyclic) bond motifs is 1. The molecule has 0 saturated carbocycles. The summed E-state index contributed by atoms with van der Waals surface area (Å²) in [7, 11) is 1.53. The molecule has 1 N–H and O–H groups in total. The molecule has 1 aromatic carbocycles. The van der Waals surface area contributed by atoms with E-state index in [1.807, 2.05) is 0 Å². The fourth-order valence-corrected chi connectivity index (χ4v) is 2.43. The van der Waals surface area contributed by atoms with Crippen molar-refractivity contribution in [2.45, 2.75) is 18.9 Å². The molecule has 1 aliphatic rings. The van der Waals surface area contributed by atoms with Gasteiger partial charge in [-0.1, -0.05) is 0 Å². The van der Waals surface area contributed by atoms with Crippen LogP contribution in [-0.4, -0.2) is 24.8 Å². The van der Waals surface area contributed by atoms with Crippen LogP contribution in [0, 0.1) is 0 Å². The van der Waals surface area contributed by atoms with Crippen molar-refractivity contribution in [1.82, 2.24) is 0 Å². The second-order valence-corrected chi connectivity index (χ2v) is 4.51. The average Bonchev–Trinajstić information content (AvgIpc) is 3.05. The van der Waals surface area contributed by atoms with Gasteiger partial charge in [-0.15, -0.1) is 0 Å². The SMILES string of the molecule is COc1ccc(C(=O)O)c2cc(C3CCCO3)oc12. The van der Waals surface area contributed by atoms with E-state index in [1.165, 1.54) is 13.2 Å². The van der Waals surface area contributed by atoms with Gasteiger partial charge in [0.05, 0.1) is 12.7 Å². The summed E-state index contributed by atoms with van der Waals surface area (Å²) in [6.45, 7) is 0.713. The Hall–Kier alpha value is -2.01. The third-order valence-corrected chi connectivity index (χ3v) is 3.36. The zero-order valence-corrected chi connectivity index (χ0v) is 10.5. The number of benzene rings is 1. The van der Waals surface area contributed by atoms with Crippen molar-refractivity contribution in [3.05, 3.63) is 29.5 Å². The summed E-state index contributed by atoms with van der Waals surface area (Å²) in [5.41, 5.74) is 0.677. The smallest absolute Gasteiger partial charge is 0.336 e. The van der Waals surface area contributed by atoms with Crippen LogP contribution in [0.3, 0.4) is 0 Å². The monoisotopic (exact) mass is 262 g/mol. The van der Waals surface area contributed by atoms with Crippen molar-refractivity contribution in [2.75, 3.05) is 13.7 Å². The summed E-state index contributed by atoms with van der Waals surface area (Å²) in [5.74, 6) is 0.219. The molecule has 0 radical (unpaired) electrons. The highest BCUT2D eigenvalue weighted by atomic mass is 16.5. The predicted octanol–water partition coefficient (Wildman–Crippen LogP) is 2.99. The Balaban J connectivity index is 2.17. The first-order valence-corrected chi connectivity index (χ1v) is 6.16. The molecule has 1 aromatic heterocycles. The van der Waals surface area contributed by atoms with Crippen molar-refractivity contribution >= 4 is 16.9 Å². The van der Waals surface area contributed by atoms with Crippen LogP contribution in [0.5, 0.6) is 5.75 Å². The predicted molar refractivity (Wildman–Crippen MR) is 67.7 cm³/mol. The summed E-state index contributed by atoms with van der Waals surface area (Å²) >= 11 is 0. The van der Waals surface area contributed by atoms with Gasteiger partial charge in [-0.25, -0.2) is 4.79 Å². The molecule has 5 nitrogen and oxygen atoms in total. The second kappa shape index (κ2) is 4.59. The molecular weight excluding hydrogens is 248 g/mol. The van der Waals surface area contributed by atoms with Crippen LogP contribution in [-0.2, 0) is 4.74 Å². The summed E-state index contributed by atoms with van der Waals surface area (Å²) in [6.07, 6.45) is 1.80. The van der Waals surface area contributed by atoms with Crippen molar-refractivity contribution < 1.29 is 23.8 Å². The van der Waals surface area contributed by atoms with Gasteiger partial charge in [0, 0.05) is 12.0 Å². The standard InChI is InChI=1S/C14H14O5/c1-17-11-5-4-8(14(15)16)9-7-12(19-13(9)11)10-3-2-6-18-10/h4-5,7,10H,2-3,6H2,1H3,(H,15,16). The zero-order chi connectivity index (χ0) is 13.4. The van der Waals surface area contributed by atoms with Crippen LogP contribution in [0.1, 0.15) is 35.1 Å². The lowest BCUT2D eigenvalue weighted by molar-refractivity contribution is 0.0699. The molecular formula is C14H14O5. The van der Waals surface area contributed by atoms with E-state index in [9.17, 15) is 9.90 Å². The number of methoxy groups -OCH3 is 1. The maximum Gasteiger partial charge on any atom is 0.336 e. The van der Waals surface area contributed by atoms with E-state index in [4.69, 9.17) is 13.9 Å². The van der Waals surface area contributed by atoms with Crippen LogP contribution in [0.2, 0.25) is 0 Å². The molecule has 2 aromatic rings. The van der Waals surface area contributed by atoms with E-state index in [0.717, 1.165) is 12.8 Å². The first-order chi connectivity index (χ1) is 9.20. The Labute approximate surface area is 109 Å². The molecule has 1 atom stereocenters. The number of hydrogen-bond donors (Lipinski definition) is 1. The van der Waals surface area contributed by atoms with Crippen molar-refractivity contribution in [1.29, 1.82) is 0 Å². The fraction of sp³-hybridized carbons (Fsp3) is 0.357. The maximum atomic E-state index is 11.2. The Morgan fingerprint density at radius 3 is 2.95 bits per heavy atom. The molecule has 0 aliphatic carbocycles. The number of hydrogen-bond acceptors (Lipinski definition) is 4. The van der Waals surface area contributed by atoms with E-state index >= 15 is 0 Å². The normalized spacial score (nSPS) is 18.9. The van der Waals surface area contributed by atoms with E-state index in [2.05, 4.69) is 0 Å². The number of carboxylic acid groups (broad SMARTS) is 1. The highest BCUT2D eigenvalue weighted by molar-refractivity contribution is 6.04. The first-order valence-electron chi connectivity index (χ1n) is 6.16. The molecule has 0 amide bonds. The van der Waals surface area contributed by atoms with Gasteiger partial charge in [-0.3, -0.25) is 0 Å². The lowest BCUT2D eigenvalue weighted by Gasteiger charge is -2.04. The highest BCUT2D eigenvalue weighted by Gasteiger charge is 2.24. The minimum atomic E-state index is -0.979. The molecule has 5 heteroatoms. The van der Waals surface area contributed by atoms with Crippen LogP contribution < -0.4 is 4.74 Å². The van der Waals surface area contributed by atoms with E-state index < -0.39 is 5.97 Å². The number of carboxylic acids is 1. The molecule has 19 heavy (non-hydrogen) atoms. The Kier molecular flexibility index (Phi) is 2.91. The number of aromatic carboxylic acids is 1. The zero-order valence-electron chi connectivity index (χ0n) is 10.5. The van der Waals surface area contributed by atoms with E-state index in [-0.39, 0.29) is 11.7 Å². The minimum absolute atomic E-state index is 0.0845. The molecule has 0 bridgehead atoms. The Morgan fingerprint density at radius 2 is 2.32 bits per heavy atom. The molecule has 3 rings (SSSR count). The molecule has 100 valence electrons. The van der Waals surface area contributed by atoms with Gasteiger partial charge in [0.1, 0.15) is 11.9 Å². The van der Waals surface area contributed by atoms with Crippen LogP contribution >= 0.6 is 0 Å². The minimum Gasteiger partial charge on any atom is -0.493 e. The van der Waals surface area contributed by atoms with Gasteiger partial charge in [0.25, 0.3) is 0 Å². The van der Waals surface area contributed by atoms with Crippen molar-refractivity contribution in [3.8, 4) is 5.75 Å². The van der Waals surface area contributed by atoms with Crippen LogP contribution in [0.4, 0.5) is 0 Å². The Morgan fingerprint density at radius 1 is 1.47 bits per heavy atom. The van der Waals surface area contributed by atoms with Crippen molar-refractivity contribution in [3.63, 3.8) is 0 Å². The topological polar surface area (TPSA) is 68.9 Å². The molecule has 1 unspecified atom stereocenters. The fourth-order valence-electron chi connectivity index (χ4n) is 2.43. The van der Waals surface area contributed by atoms with Gasteiger partial charge in [-0.05, 0) is 31.0 Å². The summed E-state index contributed by atoms with van der Waals surface area (Å²) < 4.78 is 16.5. The maximum absolute atomic E-state index is 11.2. The number of rotatable bonds is 3. The number of carbonyl (C=O) groups is 1. The third kappa shape index (κ3) is 1.96.